The van der Waals surface area contributed by atoms with Gasteiger partial charge in [0.25, 0.3) is 0 Å². The molecule has 5 fully saturated rings. The van der Waals surface area contributed by atoms with Crippen molar-refractivity contribution in [2.24, 2.45) is 40.4 Å². The summed E-state index contributed by atoms with van der Waals surface area (Å²) in [5, 5.41) is 4.02. The van der Waals surface area contributed by atoms with Gasteiger partial charge in [0.2, 0.25) is 5.91 Å². The zero-order valence-electron chi connectivity index (χ0n) is 38.1. The molecule has 1 amide bonds. The molecule has 0 spiro atoms. The van der Waals surface area contributed by atoms with Crippen LogP contribution < -0.4 is 9.47 Å². The van der Waals surface area contributed by atoms with Gasteiger partial charge in [-0.05, 0) is 73.8 Å². The van der Waals surface area contributed by atoms with Crippen LogP contribution in [-0.2, 0) is 35.1 Å². The third-order valence-electron chi connectivity index (χ3n) is 14.4. The normalized spacial score (nSPS) is 27.3. The zero-order chi connectivity index (χ0) is 44.8. The number of morpholine rings is 1. The van der Waals surface area contributed by atoms with Crippen LogP contribution in [0.5, 0.6) is 11.5 Å². The lowest BCUT2D eigenvalue weighted by Gasteiger charge is -2.35. The second-order valence-corrected chi connectivity index (χ2v) is 21.7. The van der Waals surface area contributed by atoms with Crippen LogP contribution in [0.4, 0.5) is 0 Å². The summed E-state index contributed by atoms with van der Waals surface area (Å²) in [6.45, 7) is 18.2. The fraction of sp³-hybridized carbons (Fsp3) is 0.673. The minimum atomic E-state index is -0.834. The molecule has 2 unspecified atom stereocenters. The van der Waals surface area contributed by atoms with Crippen molar-refractivity contribution in [1.29, 1.82) is 0 Å². The quantitative estimate of drug-likeness (QED) is 0.114. The molecule has 2 saturated heterocycles. The van der Waals surface area contributed by atoms with Gasteiger partial charge in [-0.15, -0.1) is 11.3 Å². The Morgan fingerprint density at radius 2 is 1.75 bits per heavy atom. The van der Waals surface area contributed by atoms with Crippen LogP contribution in [0.25, 0.3) is 22.3 Å². The average molecular weight is 906 g/mol. The summed E-state index contributed by atoms with van der Waals surface area (Å²) in [7, 11) is 0. The standard InChI is InChI=1S/C49H65ClN4O8S/c1-8-32-24-49(32,29(4)55)25-40(56)39-21-34(26-54(39)47(58)36(48(5,6)7)22-44(57)62-33-19-30-18-31(30)20-33)61-42-23-37(38-27-63-43(51-38)17-28(2)3)52-46-35(42)9-10-41(45(46)50)60-16-13-53-11-14-59-15-12-53/h9-10,23,27-28,30-34,36,39H,8,11-22,24-26H2,1-7H3/t30-,31+,32-,33?,34?,36+,39-,49-/m0/s1. The number of rotatable bonds is 18. The van der Waals surface area contributed by atoms with Crippen LogP contribution in [0.15, 0.2) is 23.6 Å². The number of ether oxygens (including phenoxy) is 4. The fourth-order valence-electron chi connectivity index (χ4n) is 10.4. The Balaban J connectivity index is 1.09. The van der Waals surface area contributed by atoms with E-state index in [0.717, 1.165) is 50.3 Å². The minimum Gasteiger partial charge on any atom is -0.491 e. The first kappa shape index (κ1) is 45.9. The molecule has 3 aliphatic carbocycles. The molecule has 2 aliphatic heterocycles. The average Bonchev–Trinajstić information content (AvgIpc) is 3.91. The molecule has 12 nitrogen and oxygen atoms in total. The van der Waals surface area contributed by atoms with Crippen LogP contribution in [0.2, 0.25) is 5.02 Å². The van der Waals surface area contributed by atoms with Gasteiger partial charge in [-0.3, -0.25) is 24.1 Å². The van der Waals surface area contributed by atoms with E-state index in [1.165, 1.54) is 6.42 Å². The van der Waals surface area contributed by atoms with E-state index in [4.69, 9.17) is 40.5 Å². The number of fused-ring (bicyclic) bond motifs is 2. The summed E-state index contributed by atoms with van der Waals surface area (Å²) in [4.78, 5) is 70.0. The van der Waals surface area contributed by atoms with E-state index in [1.54, 1.807) is 23.2 Å². The number of thiazole rings is 1. The van der Waals surface area contributed by atoms with Gasteiger partial charge in [-0.2, -0.15) is 0 Å². The fourth-order valence-corrected chi connectivity index (χ4v) is 11.6. The maximum absolute atomic E-state index is 15.0. The first-order valence-corrected chi connectivity index (χ1v) is 24.5. The lowest BCUT2D eigenvalue weighted by atomic mass is 9.77. The summed E-state index contributed by atoms with van der Waals surface area (Å²) in [6, 6.07) is 4.77. The first-order chi connectivity index (χ1) is 30.0. The number of halogens is 1. The molecule has 0 N–H and O–H groups in total. The van der Waals surface area contributed by atoms with Crippen molar-refractivity contribution >= 4 is 57.3 Å². The van der Waals surface area contributed by atoms with E-state index in [1.807, 2.05) is 51.3 Å². The smallest absolute Gasteiger partial charge is 0.306 e. The molecule has 3 aromatic rings. The largest absolute Gasteiger partial charge is 0.491 e. The number of ketones is 2. The molecule has 63 heavy (non-hydrogen) atoms. The van der Waals surface area contributed by atoms with Crippen LogP contribution in [0.3, 0.4) is 0 Å². The Bertz CT molecular complexity index is 2190. The maximum Gasteiger partial charge on any atom is 0.306 e. The molecular formula is C49H65ClN4O8S. The molecule has 8 rings (SSSR count). The second kappa shape index (κ2) is 18.7. The topological polar surface area (TPSA) is 137 Å². The summed E-state index contributed by atoms with van der Waals surface area (Å²) >= 11 is 8.74. The number of esters is 1. The lowest BCUT2D eigenvalue weighted by molar-refractivity contribution is -0.156. The van der Waals surface area contributed by atoms with Crippen molar-refractivity contribution in [2.75, 3.05) is 46.0 Å². The van der Waals surface area contributed by atoms with Crippen LogP contribution >= 0.6 is 22.9 Å². The molecule has 0 radical (unpaired) electrons. The van der Waals surface area contributed by atoms with Crippen LogP contribution in [0.1, 0.15) is 105 Å². The SMILES string of the molecule is CC[C@H]1C[C@]1(CC(=O)[C@@H]1CC(Oc2cc(-c3csc(CC(C)C)n3)nc3c(Cl)c(OCCN4CCOCC4)ccc23)CN1C(=O)[C@@H](CC(=O)OC1C[C@@H]2C[C@@H]2C1)C(C)(C)C)C(C)=O. The second-order valence-electron chi connectivity index (χ2n) is 20.4. The van der Waals surface area contributed by atoms with Gasteiger partial charge >= 0.3 is 5.97 Å². The lowest BCUT2D eigenvalue weighted by Crippen LogP contribution is -2.48. The number of amides is 1. The van der Waals surface area contributed by atoms with Gasteiger partial charge < -0.3 is 23.8 Å². The number of likely N-dealkylation sites (tertiary alicyclic amines) is 1. The Hall–Kier alpha value is -3.65. The van der Waals surface area contributed by atoms with Gasteiger partial charge in [0, 0.05) is 61.1 Å². The van der Waals surface area contributed by atoms with Gasteiger partial charge in [0.1, 0.15) is 41.1 Å². The van der Waals surface area contributed by atoms with Crippen molar-refractivity contribution in [2.45, 2.75) is 125 Å². The molecule has 1 aromatic carbocycles. The summed E-state index contributed by atoms with van der Waals surface area (Å²) in [5.74, 6) is 1.37. The van der Waals surface area contributed by atoms with Gasteiger partial charge in [0.15, 0.2) is 5.78 Å². The summed E-state index contributed by atoms with van der Waals surface area (Å²) < 4.78 is 24.6. The van der Waals surface area contributed by atoms with Gasteiger partial charge in [-0.1, -0.05) is 59.6 Å². The van der Waals surface area contributed by atoms with Crippen molar-refractivity contribution in [3.63, 3.8) is 0 Å². The number of aromatic nitrogens is 2. The number of hydrogen-bond donors (Lipinski definition) is 0. The third-order valence-corrected chi connectivity index (χ3v) is 15.6. The zero-order valence-corrected chi connectivity index (χ0v) is 39.7. The number of hydrogen-bond acceptors (Lipinski definition) is 12. The van der Waals surface area contributed by atoms with Crippen molar-refractivity contribution in [3.05, 3.63) is 33.6 Å². The summed E-state index contributed by atoms with van der Waals surface area (Å²) in [6.07, 6.45) is 4.85. The van der Waals surface area contributed by atoms with Gasteiger partial charge in [-0.25, -0.2) is 9.97 Å². The molecule has 14 heteroatoms. The predicted octanol–water partition coefficient (Wildman–Crippen LogP) is 8.63. The number of Topliss-reactive ketones (excluding diaryl/α,β-unsaturated/α-hetero) is 2. The molecular weight excluding hydrogens is 840 g/mol. The molecule has 8 atom stereocenters. The molecule has 2 aromatic heterocycles. The van der Waals surface area contributed by atoms with E-state index in [-0.39, 0.29) is 61.3 Å². The van der Waals surface area contributed by atoms with Crippen molar-refractivity contribution in [1.82, 2.24) is 19.8 Å². The number of nitrogens with zero attached hydrogens (tertiary/aromatic N) is 4. The van der Waals surface area contributed by atoms with Crippen molar-refractivity contribution in [3.8, 4) is 22.9 Å². The Morgan fingerprint density at radius 3 is 2.41 bits per heavy atom. The number of carbonyl (C=O) groups is 4. The van der Waals surface area contributed by atoms with E-state index < -0.39 is 28.9 Å². The van der Waals surface area contributed by atoms with E-state index in [9.17, 15) is 19.2 Å². The molecule has 342 valence electrons. The van der Waals surface area contributed by atoms with E-state index in [2.05, 4.69) is 18.7 Å². The van der Waals surface area contributed by atoms with Crippen LogP contribution in [0, 0.1) is 40.4 Å². The number of benzene rings is 1. The van der Waals surface area contributed by atoms with Gasteiger partial charge in [0.05, 0.1) is 60.1 Å². The first-order valence-electron chi connectivity index (χ1n) is 23.2. The maximum atomic E-state index is 15.0. The highest BCUT2D eigenvalue weighted by Gasteiger charge is 2.59. The Labute approximate surface area is 381 Å². The number of carbonyl (C=O) groups excluding carboxylic acids is 4. The predicted molar refractivity (Wildman–Crippen MR) is 243 cm³/mol. The van der Waals surface area contributed by atoms with E-state index in [0.29, 0.717) is 82.8 Å². The monoisotopic (exact) mass is 904 g/mol. The number of pyridine rings is 1. The highest BCUT2D eigenvalue weighted by molar-refractivity contribution is 7.09. The van der Waals surface area contributed by atoms with Crippen LogP contribution in [-0.4, -0.2) is 107 Å². The van der Waals surface area contributed by atoms with E-state index >= 15 is 0 Å². The highest BCUT2D eigenvalue weighted by Crippen LogP contribution is 2.58. The minimum absolute atomic E-state index is 0.0157. The molecule has 5 aliphatic rings. The molecule has 4 heterocycles. The Morgan fingerprint density at radius 1 is 1.00 bits per heavy atom. The highest BCUT2D eigenvalue weighted by atomic mass is 35.5. The molecule has 0 bridgehead atoms. The third kappa shape index (κ3) is 10.3. The molecule has 3 saturated carbocycles. The Kier molecular flexibility index (Phi) is 13.6. The van der Waals surface area contributed by atoms with Crippen molar-refractivity contribution < 1.29 is 38.1 Å². The summed E-state index contributed by atoms with van der Waals surface area (Å²) in [5.41, 5.74) is 0.474.